The molecule has 0 radical (unpaired) electrons. The number of hydrogen-bond donors (Lipinski definition) is 0. The molecule has 0 spiro atoms. The molecule has 5 aromatic carbocycles. The van der Waals surface area contributed by atoms with E-state index in [2.05, 4.69) is 79.4 Å². The minimum Gasteiger partial charge on any atom is -0.135 e. The van der Waals surface area contributed by atoms with Crippen LogP contribution in [0, 0.1) is 18.8 Å². The maximum atomic E-state index is 3.31. The van der Waals surface area contributed by atoms with Crippen LogP contribution in [0.15, 0.2) is 91.0 Å². The number of aryl methyl sites for hydroxylation is 1. The molecule has 0 aliphatic carbocycles. The molecule has 0 saturated carbocycles. The van der Waals surface area contributed by atoms with E-state index in [1.54, 1.807) is 0 Å². The van der Waals surface area contributed by atoms with Crippen molar-refractivity contribution in [1.29, 1.82) is 0 Å². The summed E-state index contributed by atoms with van der Waals surface area (Å²) >= 11 is 1.88. The van der Waals surface area contributed by atoms with Crippen LogP contribution in [0.1, 0.15) is 16.7 Å². The number of hydrogen-bond acceptors (Lipinski definition) is 1. The van der Waals surface area contributed by atoms with Gasteiger partial charge in [-0.05, 0) is 77.0 Å². The average Bonchev–Trinajstić information content (AvgIpc) is 3.11. The van der Waals surface area contributed by atoms with Crippen LogP contribution in [0.3, 0.4) is 0 Å². The highest BCUT2D eigenvalue weighted by Crippen LogP contribution is 2.38. The topological polar surface area (TPSA) is 0 Å². The van der Waals surface area contributed by atoms with Crippen molar-refractivity contribution in [2.45, 2.75) is 6.92 Å². The van der Waals surface area contributed by atoms with E-state index < -0.39 is 0 Å². The highest BCUT2D eigenvalue weighted by atomic mass is 32.1. The third-order valence-electron chi connectivity index (χ3n) is 5.67. The summed E-state index contributed by atoms with van der Waals surface area (Å²) in [5.41, 5.74) is 3.39. The fourth-order valence-corrected chi connectivity index (χ4v) is 5.29. The SMILES string of the molecule is Cc1ccc2cc3c(cc2c1)sc1cc2cc(C#Cc4ccccc4)ccc2cc13. The zero-order valence-corrected chi connectivity index (χ0v) is 17.4. The van der Waals surface area contributed by atoms with Crippen molar-refractivity contribution in [2.75, 3.05) is 0 Å². The molecule has 0 saturated heterocycles. The maximum absolute atomic E-state index is 3.31. The molecule has 140 valence electrons. The Morgan fingerprint density at radius 3 is 1.90 bits per heavy atom. The lowest BCUT2D eigenvalue weighted by Crippen LogP contribution is -1.79. The summed E-state index contributed by atoms with van der Waals surface area (Å²) in [6.07, 6.45) is 0. The molecule has 0 aliphatic rings. The summed E-state index contributed by atoms with van der Waals surface area (Å²) in [6.45, 7) is 2.15. The second-order valence-electron chi connectivity index (χ2n) is 7.83. The molecule has 0 amide bonds. The van der Waals surface area contributed by atoms with Crippen LogP contribution in [0.2, 0.25) is 0 Å². The first-order valence-corrected chi connectivity index (χ1v) is 10.9. The summed E-state index contributed by atoms with van der Waals surface area (Å²) < 4.78 is 2.68. The number of benzene rings is 5. The molecule has 0 nitrogen and oxygen atoms in total. The van der Waals surface area contributed by atoms with Gasteiger partial charge in [0.15, 0.2) is 0 Å². The molecule has 6 aromatic rings. The number of thiophene rings is 1. The minimum absolute atomic E-state index is 1.04. The van der Waals surface area contributed by atoms with Crippen LogP contribution >= 0.6 is 11.3 Å². The Morgan fingerprint density at radius 2 is 1.17 bits per heavy atom. The molecule has 0 bridgehead atoms. The van der Waals surface area contributed by atoms with Gasteiger partial charge in [0.1, 0.15) is 0 Å². The molecule has 1 aromatic heterocycles. The summed E-state index contributed by atoms with van der Waals surface area (Å²) in [7, 11) is 0. The Bertz CT molecular complexity index is 1640. The van der Waals surface area contributed by atoms with Crippen LogP contribution in [-0.2, 0) is 0 Å². The highest BCUT2D eigenvalue weighted by molar-refractivity contribution is 7.26. The van der Waals surface area contributed by atoms with E-state index in [0.29, 0.717) is 0 Å². The summed E-state index contributed by atoms with van der Waals surface area (Å²) in [6, 6.07) is 32.7. The Morgan fingerprint density at radius 1 is 0.533 bits per heavy atom. The molecule has 0 atom stereocenters. The van der Waals surface area contributed by atoms with Crippen LogP contribution in [0.25, 0.3) is 41.7 Å². The van der Waals surface area contributed by atoms with E-state index in [-0.39, 0.29) is 0 Å². The molecule has 0 N–H and O–H groups in total. The standard InChI is InChI=1S/C29H18S/c1-19-7-11-22-15-26-27-16-23-12-10-21(9-8-20-5-3-2-4-6-20)14-25(23)18-29(27)30-28(26)17-24(22)13-19/h2-7,10-18H,1H3. The van der Waals surface area contributed by atoms with Crippen molar-refractivity contribution in [2.24, 2.45) is 0 Å². The molecule has 0 unspecified atom stereocenters. The smallest absolute Gasteiger partial charge is 0.0361 e. The van der Waals surface area contributed by atoms with E-state index >= 15 is 0 Å². The summed E-state index contributed by atoms with van der Waals surface area (Å²) in [4.78, 5) is 0. The van der Waals surface area contributed by atoms with Crippen molar-refractivity contribution < 1.29 is 0 Å². The van der Waals surface area contributed by atoms with Gasteiger partial charge in [0, 0.05) is 31.3 Å². The van der Waals surface area contributed by atoms with Gasteiger partial charge in [-0.2, -0.15) is 0 Å². The lowest BCUT2D eigenvalue weighted by atomic mass is 10.0. The van der Waals surface area contributed by atoms with Gasteiger partial charge < -0.3 is 0 Å². The largest absolute Gasteiger partial charge is 0.135 e. The minimum atomic E-state index is 1.04. The molecule has 1 heteroatoms. The molecule has 30 heavy (non-hydrogen) atoms. The quantitative estimate of drug-likeness (QED) is 0.227. The van der Waals surface area contributed by atoms with Gasteiger partial charge in [-0.1, -0.05) is 59.9 Å². The van der Waals surface area contributed by atoms with E-state index in [9.17, 15) is 0 Å². The fraction of sp³-hybridized carbons (Fsp3) is 0.0345. The third-order valence-corrected chi connectivity index (χ3v) is 6.78. The second kappa shape index (κ2) is 6.73. The van der Waals surface area contributed by atoms with Crippen molar-refractivity contribution in [3.05, 3.63) is 108 Å². The first-order valence-electron chi connectivity index (χ1n) is 10.1. The van der Waals surface area contributed by atoms with E-state index in [0.717, 1.165) is 11.1 Å². The highest BCUT2D eigenvalue weighted by Gasteiger charge is 2.09. The molecular formula is C29H18S. The monoisotopic (exact) mass is 398 g/mol. The molecule has 6 rings (SSSR count). The fourth-order valence-electron chi connectivity index (χ4n) is 4.12. The zero-order valence-electron chi connectivity index (χ0n) is 16.6. The second-order valence-corrected chi connectivity index (χ2v) is 8.91. The van der Waals surface area contributed by atoms with Crippen molar-refractivity contribution in [3.8, 4) is 11.8 Å². The Balaban J connectivity index is 1.52. The van der Waals surface area contributed by atoms with Crippen LogP contribution in [-0.4, -0.2) is 0 Å². The van der Waals surface area contributed by atoms with Gasteiger partial charge in [0.2, 0.25) is 0 Å². The summed E-state index contributed by atoms with van der Waals surface area (Å²) in [5.74, 6) is 6.57. The number of rotatable bonds is 0. The van der Waals surface area contributed by atoms with Gasteiger partial charge in [0.05, 0.1) is 0 Å². The van der Waals surface area contributed by atoms with Crippen LogP contribution in [0.4, 0.5) is 0 Å². The van der Waals surface area contributed by atoms with Gasteiger partial charge in [-0.3, -0.25) is 0 Å². The van der Waals surface area contributed by atoms with Crippen LogP contribution in [0.5, 0.6) is 0 Å². The molecule has 1 heterocycles. The lowest BCUT2D eigenvalue weighted by Gasteiger charge is -2.02. The predicted molar refractivity (Wildman–Crippen MR) is 132 cm³/mol. The molecular weight excluding hydrogens is 380 g/mol. The lowest BCUT2D eigenvalue weighted by molar-refractivity contribution is 1.51. The summed E-state index contributed by atoms with van der Waals surface area (Å²) in [5, 5.41) is 7.82. The third kappa shape index (κ3) is 2.94. The molecule has 0 aliphatic heterocycles. The van der Waals surface area contributed by atoms with Gasteiger partial charge in [0.25, 0.3) is 0 Å². The number of fused-ring (bicyclic) bond motifs is 5. The van der Waals surface area contributed by atoms with E-state index in [1.807, 2.05) is 41.7 Å². The van der Waals surface area contributed by atoms with Gasteiger partial charge >= 0.3 is 0 Å². The average molecular weight is 399 g/mol. The maximum Gasteiger partial charge on any atom is 0.0361 e. The predicted octanol–water partition coefficient (Wildman–Crippen LogP) is 8.07. The van der Waals surface area contributed by atoms with E-state index in [4.69, 9.17) is 0 Å². The normalized spacial score (nSPS) is 11.2. The Hall–Kier alpha value is -3.60. The first-order chi connectivity index (χ1) is 14.7. The van der Waals surface area contributed by atoms with Gasteiger partial charge in [-0.25, -0.2) is 0 Å². The van der Waals surface area contributed by atoms with Crippen molar-refractivity contribution in [1.82, 2.24) is 0 Å². The first kappa shape index (κ1) is 17.3. The van der Waals surface area contributed by atoms with Gasteiger partial charge in [-0.15, -0.1) is 11.3 Å². The molecule has 0 fully saturated rings. The zero-order chi connectivity index (χ0) is 20.1. The van der Waals surface area contributed by atoms with Crippen molar-refractivity contribution >= 4 is 53.1 Å². The van der Waals surface area contributed by atoms with Crippen LogP contribution < -0.4 is 0 Å². The Kier molecular flexibility index (Phi) is 3.88. The Labute approximate surface area is 179 Å². The van der Waals surface area contributed by atoms with E-state index in [1.165, 1.54) is 47.3 Å². The van der Waals surface area contributed by atoms with Crippen molar-refractivity contribution in [3.63, 3.8) is 0 Å².